The van der Waals surface area contributed by atoms with Crippen LogP contribution in [0.15, 0.2) is 0 Å². The maximum absolute atomic E-state index is 9.61. The molecule has 0 bridgehead atoms. The van der Waals surface area contributed by atoms with E-state index in [1.807, 2.05) is 0 Å². The molecule has 0 amide bonds. The molecule has 0 fully saturated rings. The van der Waals surface area contributed by atoms with Gasteiger partial charge in [-0.15, -0.1) is 0 Å². The van der Waals surface area contributed by atoms with Gasteiger partial charge in [0.25, 0.3) is 0 Å². The standard InChI is InChI=1S/C13H28O2S/c1-2-3-4-5-6-7-8-9-13(15)12-16-11-10-14/h13-15H,2-12H2,1H3. The Morgan fingerprint density at radius 2 is 1.62 bits per heavy atom. The van der Waals surface area contributed by atoms with Crippen LogP contribution >= 0.6 is 11.8 Å². The number of rotatable bonds is 12. The lowest BCUT2D eigenvalue weighted by atomic mass is 10.1. The van der Waals surface area contributed by atoms with Gasteiger partial charge in [0.2, 0.25) is 0 Å². The lowest BCUT2D eigenvalue weighted by Crippen LogP contribution is -2.10. The Labute approximate surface area is 105 Å². The van der Waals surface area contributed by atoms with Gasteiger partial charge in [-0.3, -0.25) is 0 Å². The molecule has 0 aliphatic rings. The highest BCUT2D eigenvalue weighted by Crippen LogP contribution is 2.12. The molecule has 0 saturated heterocycles. The second-order valence-electron chi connectivity index (χ2n) is 4.36. The normalized spacial score (nSPS) is 12.9. The molecule has 0 spiro atoms. The number of aliphatic hydroxyl groups is 2. The maximum atomic E-state index is 9.61. The van der Waals surface area contributed by atoms with Gasteiger partial charge < -0.3 is 10.2 Å². The zero-order valence-electron chi connectivity index (χ0n) is 10.7. The van der Waals surface area contributed by atoms with Crippen molar-refractivity contribution in [3.8, 4) is 0 Å². The highest BCUT2D eigenvalue weighted by atomic mass is 32.2. The van der Waals surface area contributed by atoms with Crippen molar-refractivity contribution in [2.45, 2.75) is 64.4 Å². The fourth-order valence-electron chi connectivity index (χ4n) is 1.70. The first kappa shape index (κ1) is 16.3. The summed E-state index contributed by atoms with van der Waals surface area (Å²) < 4.78 is 0. The molecule has 2 nitrogen and oxygen atoms in total. The van der Waals surface area contributed by atoms with Crippen molar-refractivity contribution >= 4 is 11.8 Å². The highest BCUT2D eigenvalue weighted by Gasteiger charge is 2.03. The molecule has 0 heterocycles. The lowest BCUT2D eigenvalue weighted by Gasteiger charge is -2.09. The van der Waals surface area contributed by atoms with Crippen LogP contribution in [0.1, 0.15) is 58.3 Å². The molecule has 0 saturated carbocycles. The van der Waals surface area contributed by atoms with Crippen molar-refractivity contribution in [2.75, 3.05) is 18.1 Å². The first-order valence-electron chi connectivity index (χ1n) is 6.68. The summed E-state index contributed by atoms with van der Waals surface area (Å²) in [5.41, 5.74) is 0. The third-order valence-electron chi connectivity index (χ3n) is 2.69. The molecule has 2 N–H and O–H groups in total. The summed E-state index contributed by atoms with van der Waals surface area (Å²) in [6.07, 6.45) is 9.85. The molecule has 0 aliphatic heterocycles. The van der Waals surface area contributed by atoms with E-state index >= 15 is 0 Å². The van der Waals surface area contributed by atoms with E-state index in [-0.39, 0.29) is 12.7 Å². The van der Waals surface area contributed by atoms with Crippen LogP contribution in [0.3, 0.4) is 0 Å². The van der Waals surface area contributed by atoms with E-state index in [0.29, 0.717) is 0 Å². The van der Waals surface area contributed by atoms with Gasteiger partial charge in [-0.1, -0.05) is 51.9 Å². The van der Waals surface area contributed by atoms with Gasteiger partial charge in [0, 0.05) is 11.5 Å². The topological polar surface area (TPSA) is 40.5 Å². The van der Waals surface area contributed by atoms with Crippen LogP contribution in [0.5, 0.6) is 0 Å². The summed E-state index contributed by atoms with van der Waals surface area (Å²) in [7, 11) is 0. The SMILES string of the molecule is CCCCCCCCCC(O)CSCCO. The summed E-state index contributed by atoms with van der Waals surface area (Å²) >= 11 is 1.64. The van der Waals surface area contributed by atoms with Crippen LogP contribution in [0.25, 0.3) is 0 Å². The zero-order chi connectivity index (χ0) is 12.1. The third-order valence-corrected chi connectivity index (χ3v) is 3.78. The molecule has 98 valence electrons. The first-order valence-corrected chi connectivity index (χ1v) is 7.83. The second kappa shape index (κ2) is 13.3. The van der Waals surface area contributed by atoms with Crippen molar-refractivity contribution in [1.82, 2.24) is 0 Å². The zero-order valence-corrected chi connectivity index (χ0v) is 11.5. The lowest BCUT2D eigenvalue weighted by molar-refractivity contribution is 0.184. The van der Waals surface area contributed by atoms with Crippen LogP contribution in [0, 0.1) is 0 Å². The van der Waals surface area contributed by atoms with Crippen LogP contribution < -0.4 is 0 Å². The molecular weight excluding hydrogens is 220 g/mol. The summed E-state index contributed by atoms with van der Waals surface area (Å²) in [4.78, 5) is 0. The second-order valence-corrected chi connectivity index (χ2v) is 5.51. The Balaban J connectivity index is 3.06. The van der Waals surface area contributed by atoms with Gasteiger partial charge in [0.15, 0.2) is 0 Å². The van der Waals surface area contributed by atoms with Gasteiger partial charge in [0.05, 0.1) is 12.7 Å². The summed E-state index contributed by atoms with van der Waals surface area (Å²) in [6.45, 7) is 2.45. The van der Waals surface area contributed by atoms with E-state index < -0.39 is 0 Å². The van der Waals surface area contributed by atoms with Crippen molar-refractivity contribution in [3.05, 3.63) is 0 Å². The van der Waals surface area contributed by atoms with Crippen LogP contribution in [0.4, 0.5) is 0 Å². The minimum Gasteiger partial charge on any atom is -0.396 e. The van der Waals surface area contributed by atoms with Crippen molar-refractivity contribution in [1.29, 1.82) is 0 Å². The molecule has 0 radical (unpaired) electrons. The summed E-state index contributed by atoms with van der Waals surface area (Å²) in [5.74, 6) is 1.52. The Kier molecular flexibility index (Phi) is 13.6. The monoisotopic (exact) mass is 248 g/mol. The van der Waals surface area contributed by atoms with Crippen LogP contribution in [-0.4, -0.2) is 34.4 Å². The minimum absolute atomic E-state index is 0.174. The molecule has 0 aromatic rings. The molecule has 3 heteroatoms. The van der Waals surface area contributed by atoms with Gasteiger partial charge >= 0.3 is 0 Å². The summed E-state index contributed by atoms with van der Waals surface area (Å²) in [5, 5.41) is 18.2. The Morgan fingerprint density at radius 1 is 1.00 bits per heavy atom. The largest absolute Gasteiger partial charge is 0.396 e. The number of hydrogen-bond donors (Lipinski definition) is 2. The molecule has 1 atom stereocenters. The van der Waals surface area contributed by atoms with Crippen molar-refractivity contribution < 1.29 is 10.2 Å². The number of hydrogen-bond acceptors (Lipinski definition) is 3. The van der Waals surface area contributed by atoms with E-state index in [1.54, 1.807) is 11.8 Å². The third kappa shape index (κ3) is 12.3. The smallest absolute Gasteiger partial charge is 0.0630 e. The maximum Gasteiger partial charge on any atom is 0.0630 e. The molecule has 0 aliphatic carbocycles. The molecular formula is C13H28O2S. The number of aliphatic hydroxyl groups excluding tert-OH is 2. The fraction of sp³-hybridized carbons (Fsp3) is 1.00. The molecule has 0 rings (SSSR count). The van der Waals surface area contributed by atoms with E-state index in [2.05, 4.69) is 6.92 Å². The molecule has 0 aromatic heterocycles. The Bertz CT molecular complexity index is 131. The number of thioether (sulfide) groups is 1. The van der Waals surface area contributed by atoms with Crippen LogP contribution in [-0.2, 0) is 0 Å². The highest BCUT2D eigenvalue weighted by molar-refractivity contribution is 7.99. The predicted octanol–water partition coefficient (Wildman–Crippen LogP) is 3.21. The van der Waals surface area contributed by atoms with E-state index in [4.69, 9.17) is 5.11 Å². The Morgan fingerprint density at radius 3 is 2.25 bits per heavy atom. The minimum atomic E-state index is -0.174. The van der Waals surface area contributed by atoms with Gasteiger partial charge in [-0.05, 0) is 6.42 Å². The average molecular weight is 248 g/mol. The van der Waals surface area contributed by atoms with Crippen molar-refractivity contribution in [2.24, 2.45) is 0 Å². The number of unbranched alkanes of at least 4 members (excludes halogenated alkanes) is 6. The molecule has 0 aromatic carbocycles. The molecule has 1 unspecified atom stereocenters. The van der Waals surface area contributed by atoms with Crippen LogP contribution in [0.2, 0.25) is 0 Å². The predicted molar refractivity (Wildman–Crippen MR) is 73.0 cm³/mol. The van der Waals surface area contributed by atoms with Gasteiger partial charge in [-0.25, -0.2) is 0 Å². The van der Waals surface area contributed by atoms with E-state index in [0.717, 1.165) is 24.3 Å². The quantitative estimate of drug-likeness (QED) is 0.521. The van der Waals surface area contributed by atoms with Gasteiger partial charge in [-0.2, -0.15) is 11.8 Å². The first-order chi connectivity index (χ1) is 7.81. The van der Waals surface area contributed by atoms with E-state index in [1.165, 1.54) is 38.5 Å². The van der Waals surface area contributed by atoms with E-state index in [9.17, 15) is 5.11 Å². The summed E-state index contributed by atoms with van der Waals surface area (Å²) in [6, 6.07) is 0. The molecule has 16 heavy (non-hydrogen) atoms. The fourth-order valence-corrected chi connectivity index (χ4v) is 2.44. The Hall–Kier alpha value is 0.270. The van der Waals surface area contributed by atoms with Crippen molar-refractivity contribution in [3.63, 3.8) is 0 Å². The average Bonchev–Trinajstić information content (AvgIpc) is 2.28. The van der Waals surface area contributed by atoms with Gasteiger partial charge in [0.1, 0.15) is 0 Å².